The molecule has 1 aromatic heterocycles. The van der Waals surface area contributed by atoms with Gasteiger partial charge in [-0.3, -0.25) is 9.78 Å². The highest BCUT2D eigenvalue weighted by Crippen LogP contribution is 2.17. The molecule has 0 unspecified atom stereocenters. The van der Waals surface area contributed by atoms with E-state index in [1.807, 2.05) is 24.3 Å². The van der Waals surface area contributed by atoms with Crippen molar-refractivity contribution in [2.24, 2.45) is 5.10 Å². The summed E-state index contributed by atoms with van der Waals surface area (Å²) in [4.78, 5) is 14.9. The fourth-order valence-electron chi connectivity index (χ4n) is 2.40. The maximum atomic E-state index is 12.3. The van der Waals surface area contributed by atoms with E-state index in [9.17, 15) is 4.79 Å². The van der Waals surface area contributed by atoms with Crippen LogP contribution in [0.3, 0.4) is 0 Å². The number of aromatic nitrogens is 3. The molecule has 8 nitrogen and oxygen atoms in total. The van der Waals surface area contributed by atoms with Crippen LogP contribution in [-0.4, -0.2) is 35.1 Å². The number of ether oxygens (including phenoxy) is 2. The van der Waals surface area contributed by atoms with Gasteiger partial charge in [-0.25, -0.2) is 5.43 Å². The van der Waals surface area contributed by atoms with E-state index in [-0.39, 0.29) is 17.2 Å². The molecule has 2 aromatic carbocycles. The molecule has 0 saturated carbocycles. The first kappa shape index (κ1) is 19.1. The molecular formula is C20H21N5O3. The standard InChI is InChI=1S/C20H21N5O3/c1-3-11-28-17-6-4-5-14(12-17)13-21-24-20-22-19(26)18(23-25-20)15-7-9-16(27-2)10-8-15/h4-10,12-13H,3,11H2,1-2H3,(H2,22,24,25,26)/b21-13+. The Hall–Kier alpha value is -3.68. The minimum absolute atomic E-state index is 0.150. The lowest BCUT2D eigenvalue weighted by Gasteiger charge is -2.05. The molecule has 0 aliphatic carbocycles. The number of hydrazone groups is 1. The summed E-state index contributed by atoms with van der Waals surface area (Å²) in [6.45, 7) is 2.72. The Labute approximate surface area is 162 Å². The predicted molar refractivity (Wildman–Crippen MR) is 108 cm³/mol. The number of H-pyrrole nitrogens is 1. The van der Waals surface area contributed by atoms with Crippen LogP contribution < -0.4 is 20.5 Å². The lowest BCUT2D eigenvalue weighted by atomic mass is 10.1. The van der Waals surface area contributed by atoms with Crippen molar-refractivity contribution in [3.8, 4) is 22.8 Å². The van der Waals surface area contributed by atoms with Gasteiger partial charge in [0, 0.05) is 5.56 Å². The Kier molecular flexibility index (Phi) is 6.35. The number of nitrogens with zero attached hydrogens (tertiary/aromatic N) is 3. The van der Waals surface area contributed by atoms with Crippen LogP contribution in [-0.2, 0) is 0 Å². The minimum Gasteiger partial charge on any atom is -0.497 e. The number of rotatable bonds is 8. The Morgan fingerprint density at radius 3 is 2.68 bits per heavy atom. The Morgan fingerprint density at radius 2 is 1.96 bits per heavy atom. The molecule has 2 N–H and O–H groups in total. The SMILES string of the molecule is CCCOc1cccc(/C=N/Nc2nnc(-c3ccc(OC)cc3)c(=O)[nH]2)c1. The molecule has 8 heteroatoms. The van der Waals surface area contributed by atoms with E-state index >= 15 is 0 Å². The Bertz CT molecular complexity index is 999. The van der Waals surface area contributed by atoms with Gasteiger partial charge in [0.25, 0.3) is 5.56 Å². The molecule has 0 aliphatic rings. The van der Waals surface area contributed by atoms with Crippen molar-refractivity contribution < 1.29 is 9.47 Å². The largest absolute Gasteiger partial charge is 0.497 e. The predicted octanol–water partition coefficient (Wildman–Crippen LogP) is 3.08. The average molecular weight is 379 g/mol. The first-order valence-electron chi connectivity index (χ1n) is 8.83. The number of anilines is 1. The number of benzene rings is 2. The van der Waals surface area contributed by atoms with Gasteiger partial charge in [-0.05, 0) is 48.4 Å². The summed E-state index contributed by atoms with van der Waals surface area (Å²) in [5.41, 5.74) is 4.03. The monoisotopic (exact) mass is 379 g/mol. The zero-order valence-electron chi connectivity index (χ0n) is 15.7. The molecule has 28 heavy (non-hydrogen) atoms. The van der Waals surface area contributed by atoms with Gasteiger partial charge in [0.05, 0.1) is 19.9 Å². The maximum Gasteiger partial charge on any atom is 0.279 e. The minimum atomic E-state index is -0.368. The van der Waals surface area contributed by atoms with Crippen LogP contribution >= 0.6 is 0 Å². The summed E-state index contributed by atoms with van der Waals surface area (Å²) in [5.74, 6) is 1.63. The van der Waals surface area contributed by atoms with E-state index in [0.29, 0.717) is 17.9 Å². The van der Waals surface area contributed by atoms with Gasteiger partial charge < -0.3 is 9.47 Å². The molecule has 1 heterocycles. The molecule has 0 atom stereocenters. The van der Waals surface area contributed by atoms with E-state index in [0.717, 1.165) is 17.7 Å². The quantitative estimate of drug-likeness (QED) is 0.461. The summed E-state index contributed by atoms with van der Waals surface area (Å²) >= 11 is 0. The highest BCUT2D eigenvalue weighted by molar-refractivity contribution is 5.80. The highest BCUT2D eigenvalue weighted by Gasteiger charge is 2.07. The molecule has 144 valence electrons. The van der Waals surface area contributed by atoms with Gasteiger partial charge >= 0.3 is 0 Å². The van der Waals surface area contributed by atoms with E-state index < -0.39 is 0 Å². The molecule has 0 amide bonds. The molecule has 0 fully saturated rings. The van der Waals surface area contributed by atoms with Gasteiger partial charge in [-0.1, -0.05) is 19.1 Å². The number of methoxy groups -OCH3 is 1. The van der Waals surface area contributed by atoms with Crippen molar-refractivity contribution >= 4 is 12.2 Å². The van der Waals surface area contributed by atoms with Crippen LogP contribution in [0.15, 0.2) is 58.4 Å². The summed E-state index contributed by atoms with van der Waals surface area (Å²) < 4.78 is 10.7. The summed E-state index contributed by atoms with van der Waals surface area (Å²) in [6.07, 6.45) is 2.55. The average Bonchev–Trinajstić information content (AvgIpc) is 2.73. The number of hydrogen-bond acceptors (Lipinski definition) is 7. The molecule has 3 aromatic rings. The van der Waals surface area contributed by atoms with Crippen molar-refractivity contribution in [2.45, 2.75) is 13.3 Å². The maximum absolute atomic E-state index is 12.3. The normalized spacial score (nSPS) is 10.8. The van der Waals surface area contributed by atoms with Crippen molar-refractivity contribution in [3.63, 3.8) is 0 Å². The number of nitrogens with one attached hydrogen (secondary N) is 2. The molecule has 0 saturated heterocycles. The van der Waals surface area contributed by atoms with Gasteiger partial charge in [0.15, 0.2) is 5.69 Å². The van der Waals surface area contributed by atoms with Crippen LogP contribution in [0.1, 0.15) is 18.9 Å². The smallest absolute Gasteiger partial charge is 0.279 e. The van der Waals surface area contributed by atoms with Crippen LogP contribution in [0.2, 0.25) is 0 Å². The Balaban J connectivity index is 1.67. The lowest BCUT2D eigenvalue weighted by molar-refractivity contribution is 0.317. The fourth-order valence-corrected chi connectivity index (χ4v) is 2.40. The number of aromatic amines is 1. The first-order valence-corrected chi connectivity index (χ1v) is 8.83. The third-order valence-corrected chi connectivity index (χ3v) is 3.78. The van der Waals surface area contributed by atoms with Crippen molar-refractivity contribution in [1.29, 1.82) is 0 Å². The second-order valence-corrected chi connectivity index (χ2v) is 5.87. The third-order valence-electron chi connectivity index (χ3n) is 3.78. The Morgan fingerprint density at radius 1 is 1.14 bits per heavy atom. The molecule has 0 aliphatic heterocycles. The second-order valence-electron chi connectivity index (χ2n) is 5.87. The van der Waals surface area contributed by atoms with E-state index in [1.54, 1.807) is 37.6 Å². The van der Waals surface area contributed by atoms with Crippen LogP contribution in [0.25, 0.3) is 11.3 Å². The molecule has 0 bridgehead atoms. The zero-order valence-corrected chi connectivity index (χ0v) is 15.7. The van der Waals surface area contributed by atoms with Crippen molar-refractivity contribution in [2.75, 3.05) is 19.1 Å². The second kappa shape index (κ2) is 9.31. The summed E-state index contributed by atoms with van der Waals surface area (Å²) in [5, 5.41) is 12.0. The van der Waals surface area contributed by atoms with Gasteiger partial charge in [-0.2, -0.15) is 5.10 Å². The van der Waals surface area contributed by atoms with E-state index in [1.165, 1.54) is 0 Å². The molecule has 0 radical (unpaired) electrons. The molecule has 3 rings (SSSR count). The topological polar surface area (TPSA) is 101 Å². The van der Waals surface area contributed by atoms with Gasteiger partial charge in [0.2, 0.25) is 5.95 Å². The van der Waals surface area contributed by atoms with Crippen molar-refractivity contribution in [3.05, 3.63) is 64.4 Å². The first-order chi connectivity index (χ1) is 13.7. The number of hydrogen-bond donors (Lipinski definition) is 2. The van der Waals surface area contributed by atoms with Crippen LogP contribution in [0, 0.1) is 0 Å². The highest BCUT2D eigenvalue weighted by atomic mass is 16.5. The molecular weight excluding hydrogens is 358 g/mol. The fraction of sp³-hybridized carbons (Fsp3) is 0.200. The van der Waals surface area contributed by atoms with Gasteiger partial charge in [0.1, 0.15) is 11.5 Å². The third kappa shape index (κ3) is 4.94. The lowest BCUT2D eigenvalue weighted by Crippen LogP contribution is -2.15. The summed E-state index contributed by atoms with van der Waals surface area (Å²) in [6, 6.07) is 14.6. The zero-order chi connectivity index (χ0) is 19.8. The van der Waals surface area contributed by atoms with Gasteiger partial charge in [-0.15, -0.1) is 10.2 Å². The van der Waals surface area contributed by atoms with Crippen LogP contribution in [0.4, 0.5) is 5.95 Å². The van der Waals surface area contributed by atoms with Crippen molar-refractivity contribution in [1.82, 2.24) is 15.2 Å². The van der Waals surface area contributed by atoms with Crippen LogP contribution in [0.5, 0.6) is 11.5 Å². The molecule has 0 spiro atoms. The van der Waals surface area contributed by atoms with E-state index in [4.69, 9.17) is 9.47 Å². The van der Waals surface area contributed by atoms with E-state index in [2.05, 4.69) is 32.6 Å². The summed E-state index contributed by atoms with van der Waals surface area (Å²) in [7, 11) is 1.58.